The summed E-state index contributed by atoms with van der Waals surface area (Å²) in [5.74, 6) is 0. The highest BCUT2D eigenvalue weighted by atomic mass is 32.1. The third kappa shape index (κ3) is 2.68. The van der Waals surface area contributed by atoms with Crippen molar-refractivity contribution in [3.8, 4) is 0 Å². The molecule has 3 rings (SSSR count). The molecule has 2 aromatic rings. The van der Waals surface area contributed by atoms with Crippen LogP contribution < -0.4 is 5.32 Å². The third-order valence-electron chi connectivity index (χ3n) is 3.24. The molecule has 0 amide bonds. The van der Waals surface area contributed by atoms with Gasteiger partial charge in [-0.1, -0.05) is 18.2 Å². The number of hydrogen-bond acceptors (Lipinski definition) is 3. The van der Waals surface area contributed by atoms with E-state index in [1.54, 1.807) is 11.3 Å². The standard InChI is InChI=1S/C14H17NOS/c16-12(8-15-11-5-6-11)7-10-9-17-14-4-2-1-3-13(10)14/h1-4,9,11-12,15-16H,5-8H2. The number of aliphatic hydroxyl groups is 1. The Morgan fingerprint density at radius 3 is 3.00 bits per heavy atom. The highest BCUT2D eigenvalue weighted by molar-refractivity contribution is 7.17. The van der Waals surface area contributed by atoms with E-state index in [1.807, 2.05) is 0 Å². The second kappa shape index (κ2) is 4.77. The van der Waals surface area contributed by atoms with Crippen molar-refractivity contribution in [2.24, 2.45) is 0 Å². The van der Waals surface area contributed by atoms with E-state index in [4.69, 9.17) is 0 Å². The highest BCUT2D eigenvalue weighted by Gasteiger charge is 2.21. The van der Waals surface area contributed by atoms with Gasteiger partial charge in [0.15, 0.2) is 0 Å². The molecular weight excluding hydrogens is 230 g/mol. The summed E-state index contributed by atoms with van der Waals surface area (Å²) in [6.45, 7) is 0.717. The Kier molecular flexibility index (Phi) is 3.14. The molecule has 1 aliphatic carbocycles. The maximum atomic E-state index is 10.00. The Labute approximate surface area is 105 Å². The van der Waals surface area contributed by atoms with Crippen LogP contribution in [0.2, 0.25) is 0 Å². The monoisotopic (exact) mass is 247 g/mol. The predicted molar refractivity (Wildman–Crippen MR) is 72.6 cm³/mol. The molecule has 0 saturated heterocycles. The quantitative estimate of drug-likeness (QED) is 0.851. The summed E-state index contributed by atoms with van der Waals surface area (Å²) >= 11 is 1.76. The van der Waals surface area contributed by atoms with Crippen LogP contribution >= 0.6 is 11.3 Å². The van der Waals surface area contributed by atoms with E-state index in [9.17, 15) is 5.11 Å². The number of nitrogens with one attached hydrogen (secondary N) is 1. The molecule has 1 atom stereocenters. The van der Waals surface area contributed by atoms with Crippen LogP contribution in [0.15, 0.2) is 29.6 Å². The van der Waals surface area contributed by atoms with Crippen molar-refractivity contribution in [3.63, 3.8) is 0 Å². The van der Waals surface area contributed by atoms with Gasteiger partial charge in [-0.15, -0.1) is 11.3 Å². The minimum atomic E-state index is -0.270. The molecule has 1 aromatic heterocycles. The van der Waals surface area contributed by atoms with E-state index in [0.29, 0.717) is 6.04 Å². The fraction of sp³-hybridized carbons (Fsp3) is 0.429. The zero-order chi connectivity index (χ0) is 11.7. The second-order valence-electron chi connectivity index (χ2n) is 4.80. The smallest absolute Gasteiger partial charge is 0.0705 e. The van der Waals surface area contributed by atoms with Crippen molar-refractivity contribution in [2.75, 3.05) is 6.54 Å². The van der Waals surface area contributed by atoms with Gasteiger partial charge in [-0.25, -0.2) is 0 Å². The summed E-state index contributed by atoms with van der Waals surface area (Å²) in [6.07, 6.45) is 3.03. The zero-order valence-electron chi connectivity index (χ0n) is 9.73. The molecule has 90 valence electrons. The van der Waals surface area contributed by atoms with Gasteiger partial charge in [-0.05, 0) is 35.2 Å². The molecule has 2 nitrogen and oxygen atoms in total. The van der Waals surface area contributed by atoms with Gasteiger partial charge in [0.2, 0.25) is 0 Å². The van der Waals surface area contributed by atoms with E-state index in [0.717, 1.165) is 13.0 Å². The lowest BCUT2D eigenvalue weighted by Gasteiger charge is -2.10. The van der Waals surface area contributed by atoms with E-state index in [-0.39, 0.29) is 6.10 Å². The lowest BCUT2D eigenvalue weighted by molar-refractivity contribution is 0.172. The van der Waals surface area contributed by atoms with E-state index in [2.05, 4.69) is 35.0 Å². The number of hydrogen-bond donors (Lipinski definition) is 2. The average Bonchev–Trinajstić information content (AvgIpc) is 3.10. The fourth-order valence-corrected chi connectivity index (χ4v) is 3.08. The summed E-state index contributed by atoms with van der Waals surface area (Å²) in [4.78, 5) is 0. The first-order valence-corrected chi connectivity index (χ1v) is 7.07. The molecule has 2 N–H and O–H groups in total. The molecule has 0 aliphatic heterocycles. The molecule has 0 bridgehead atoms. The first kappa shape index (κ1) is 11.2. The minimum Gasteiger partial charge on any atom is -0.391 e. The second-order valence-corrected chi connectivity index (χ2v) is 5.71. The first-order valence-electron chi connectivity index (χ1n) is 6.19. The molecule has 1 aliphatic rings. The number of fused-ring (bicyclic) bond motifs is 1. The van der Waals surface area contributed by atoms with Crippen LogP contribution in [-0.2, 0) is 6.42 Å². The Bertz CT molecular complexity index is 504. The van der Waals surface area contributed by atoms with Crippen LogP contribution in [0.1, 0.15) is 18.4 Å². The topological polar surface area (TPSA) is 32.3 Å². The average molecular weight is 247 g/mol. The Morgan fingerprint density at radius 2 is 2.18 bits per heavy atom. The normalized spacial score (nSPS) is 17.5. The van der Waals surface area contributed by atoms with Gasteiger partial charge in [-0.3, -0.25) is 0 Å². The SMILES string of the molecule is OC(CNC1CC1)Cc1csc2ccccc12. The summed E-state index contributed by atoms with van der Waals surface area (Å²) < 4.78 is 1.31. The predicted octanol–water partition coefficient (Wildman–Crippen LogP) is 2.56. The molecule has 3 heteroatoms. The fourth-order valence-electron chi connectivity index (χ4n) is 2.11. The van der Waals surface area contributed by atoms with Gasteiger partial charge in [0, 0.05) is 23.7 Å². The number of rotatable bonds is 5. The molecule has 1 heterocycles. The van der Waals surface area contributed by atoms with Gasteiger partial charge in [0.05, 0.1) is 6.10 Å². The Balaban J connectivity index is 1.66. The van der Waals surface area contributed by atoms with Crippen molar-refractivity contribution in [2.45, 2.75) is 31.4 Å². The van der Waals surface area contributed by atoms with Crippen molar-refractivity contribution in [3.05, 3.63) is 35.2 Å². The molecule has 1 aromatic carbocycles. The van der Waals surface area contributed by atoms with Crippen LogP contribution in [0, 0.1) is 0 Å². The van der Waals surface area contributed by atoms with Crippen LogP contribution in [-0.4, -0.2) is 23.8 Å². The van der Waals surface area contributed by atoms with Crippen LogP contribution in [0.4, 0.5) is 0 Å². The Hall–Kier alpha value is -0.900. The van der Waals surface area contributed by atoms with Gasteiger partial charge in [0.1, 0.15) is 0 Å². The summed E-state index contributed by atoms with van der Waals surface area (Å²) in [5, 5.41) is 16.8. The maximum Gasteiger partial charge on any atom is 0.0705 e. The first-order chi connectivity index (χ1) is 8.33. The molecule has 1 saturated carbocycles. The summed E-state index contributed by atoms with van der Waals surface area (Å²) in [7, 11) is 0. The van der Waals surface area contributed by atoms with Gasteiger partial charge < -0.3 is 10.4 Å². The number of thiophene rings is 1. The maximum absolute atomic E-state index is 10.00. The Morgan fingerprint density at radius 1 is 1.35 bits per heavy atom. The van der Waals surface area contributed by atoms with Gasteiger partial charge >= 0.3 is 0 Å². The minimum absolute atomic E-state index is 0.270. The number of benzene rings is 1. The lowest BCUT2D eigenvalue weighted by atomic mass is 10.1. The molecular formula is C14H17NOS. The van der Waals surface area contributed by atoms with Gasteiger partial charge in [0.25, 0.3) is 0 Å². The molecule has 0 spiro atoms. The van der Waals surface area contributed by atoms with E-state index >= 15 is 0 Å². The summed E-state index contributed by atoms with van der Waals surface area (Å²) in [5.41, 5.74) is 1.27. The zero-order valence-corrected chi connectivity index (χ0v) is 10.5. The highest BCUT2D eigenvalue weighted by Crippen LogP contribution is 2.26. The van der Waals surface area contributed by atoms with Crippen LogP contribution in [0.3, 0.4) is 0 Å². The van der Waals surface area contributed by atoms with Crippen LogP contribution in [0.5, 0.6) is 0 Å². The van der Waals surface area contributed by atoms with Crippen molar-refractivity contribution >= 4 is 21.4 Å². The molecule has 0 radical (unpaired) electrons. The molecule has 1 fully saturated rings. The largest absolute Gasteiger partial charge is 0.391 e. The lowest BCUT2D eigenvalue weighted by Crippen LogP contribution is -2.29. The molecule has 1 unspecified atom stereocenters. The van der Waals surface area contributed by atoms with Crippen molar-refractivity contribution in [1.82, 2.24) is 5.32 Å². The number of aliphatic hydroxyl groups excluding tert-OH is 1. The third-order valence-corrected chi connectivity index (χ3v) is 4.25. The van der Waals surface area contributed by atoms with E-state index < -0.39 is 0 Å². The van der Waals surface area contributed by atoms with Crippen LogP contribution in [0.25, 0.3) is 10.1 Å². The van der Waals surface area contributed by atoms with Gasteiger partial charge in [-0.2, -0.15) is 0 Å². The van der Waals surface area contributed by atoms with Crippen molar-refractivity contribution < 1.29 is 5.11 Å². The van der Waals surface area contributed by atoms with E-state index in [1.165, 1.54) is 28.5 Å². The van der Waals surface area contributed by atoms with Crippen molar-refractivity contribution in [1.29, 1.82) is 0 Å². The summed E-state index contributed by atoms with van der Waals surface area (Å²) in [6, 6.07) is 9.07. The molecule has 17 heavy (non-hydrogen) atoms.